The van der Waals surface area contributed by atoms with E-state index in [2.05, 4.69) is 27.2 Å². The summed E-state index contributed by atoms with van der Waals surface area (Å²) in [6.07, 6.45) is 0. The Balaban J connectivity index is 1.99. The van der Waals surface area contributed by atoms with E-state index in [1.165, 1.54) is 16.9 Å². The van der Waals surface area contributed by atoms with Crippen molar-refractivity contribution in [2.24, 2.45) is 0 Å². The molecule has 0 saturated carbocycles. The summed E-state index contributed by atoms with van der Waals surface area (Å²) in [5, 5.41) is 17.7. The van der Waals surface area contributed by atoms with E-state index in [1.54, 1.807) is 0 Å². The zero-order valence-electron chi connectivity index (χ0n) is 9.79. The van der Waals surface area contributed by atoms with Gasteiger partial charge in [0.25, 0.3) is 0 Å². The molecule has 0 bridgehead atoms. The van der Waals surface area contributed by atoms with Gasteiger partial charge in [-0.25, -0.2) is 0 Å². The predicted molar refractivity (Wildman–Crippen MR) is 72.6 cm³/mol. The van der Waals surface area contributed by atoms with E-state index in [9.17, 15) is 0 Å². The van der Waals surface area contributed by atoms with E-state index in [0.717, 1.165) is 11.6 Å². The van der Waals surface area contributed by atoms with Crippen LogP contribution in [0.4, 0.5) is 0 Å². The third-order valence-electron chi connectivity index (χ3n) is 2.47. The molecule has 1 aromatic carbocycles. The second-order valence-electron chi connectivity index (χ2n) is 3.87. The Bertz CT molecular complexity index is 477. The first kappa shape index (κ1) is 13.4. The number of aliphatic hydroxyl groups is 1. The molecule has 0 aliphatic rings. The lowest BCUT2D eigenvalue weighted by Crippen LogP contribution is -2.26. The van der Waals surface area contributed by atoms with Crippen molar-refractivity contribution in [1.29, 1.82) is 0 Å². The van der Waals surface area contributed by atoms with Gasteiger partial charge in [0.15, 0.2) is 0 Å². The van der Waals surface area contributed by atoms with Crippen molar-refractivity contribution >= 4 is 22.9 Å². The molecule has 6 heteroatoms. The number of benzene rings is 1. The van der Waals surface area contributed by atoms with E-state index >= 15 is 0 Å². The van der Waals surface area contributed by atoms with E-state index in [1.807, 2.05) is 18.2 Å². The van der Waals surface area contributed by atoms with Crippen LogP contribution in [0.5, 0.6) is 0 Å². The van der Waals surface area contributed by atoms with Crippen LogP contribution < -0.4 is 0 Å². The molecule has 1 N–H and O–H groups in total. The maximum atomic E-state index is 9.10. The molecule has 2 aromatic rings. The molecule has 2 rings (SSSR count). The van der Waals surface area contributed by atoms with Crippen molar-refractivity contribution in [2.75, 3.05) is 13.2 Å². The first-order valence-electron chi connectivity index (χ1n) is 5.63. The molecule has 0 atom stereocenters. The molecule has 0 spiro atoms. The minimum Gasteiger partial charge on any atom is -0.395 e. The summed E-state index contributed by atoms with van der Waals surface area (Å²) in [7, 11) is 0. The lowest BCUT2D eigenvalue weighted by molar-refractivity contribution is 0.184. The first-order chi connectivity index (χ1) is 8.78. The molecule has 18 heavy (non-hydrogen) atoms. The maximum Gasteiger partial charge on any atom is 0.207 e. The van der Waals surface area contributed by atoms with Crippen LogP contribution in [0.2, 0.25) is 4.47 Å². The van der Waals surface area contributed by atoms with Crippen molar-refractivity contribution in [1.82, 2.24) is 15.1 Å². The highest BCUT2D eigenvalue weighted by atomic mass is 35.5. The van der Waals surface area contributed by atoms with Gasteiger partial charge in [0, 0.05) is 13.1 Å². The number of aliphatic hydroxyl groups excluding tert-OH is 1. The molecule has 1 aromatic heterocycles. The SMILES string of the molecule is OCCN(Cc1ccccc1)Cc1nnc(Cl)s1. The highest BCUT2D eigenvalue weighted by Gasteiger charge is 2.10. The summed E-state index contributed by atoms with van der Waals surface area (Å²) in [6.45, 7) is 2.16. The fourth-order valence-electron chi connectivity index (χ4n) is 1.69. The average Bonchev–Trinajstić information content (AvgIpc) is 2.76. The van der Waals surface area contributed by atoms with Gasteiger partial charge >= 0.3 is 0 Å². The largest absolute Gasteiger partial charge is 0.395 e. The maximum absolute atomic E-state index is 9.10. The summed E-state index contributed by atoms with van der Waals surface area (Å²) in [6, 6.07) is 10.1. The van der Waals surface area contributed by atoms with Crippen LogP contribution in [-0.4, -0.2) is 33.4 Å². The van der Waals surface area contributed by atoms with Crippen LogP contribution in [0.3, 0.4) is 0 Å². The molecular weight excluding hydrogens is 270 g/mol. The summed E-state index contributed by atoms with van der Waals surface area (Å²) in [5.41, 5.74) is 1.21. The first-order valence-corrected chi connectivity index (χ1v) is 6.82. The second-order valence-corrected chi connectivity index (χ2v) is 5.51. The van der Waals surface area contributed by atoms with Gasteiger partial charge in [-0.15, -0.1) is 10.2 Å². The monoisotopic (exact) mass is 283 g/mol. The molecule has 4 nitrogen and oxygen atoms in total. The number of aromatic nitrogens is 2. The van der Waals surface area contributed by atoms with E-state index in [4.69, 9.17) is 16.7 Å². The Morgan fingerprint density at radius 2 is 1.94 bits per heavy atom. The molecule has 0 amide bonds. The number of nitrogens with zero attached hydrogens (tertiary/aromatic N) is 3. The third kappa shape index (κ3) is 4.03. The van der Waals surface area contributed by atoms with Gasteiger partial charge in [0.2, 0.25) is 4.47 Å². The van der Waals surface area contributed by atoms with Gasteiger partial charge in [-0.3, -0.25) is 4.90 Å². The Kier molecular flexibility index (Phi) is 5.07. The van der Waals surface area contributed by atoms with E-state index in [0.29, 0.717) is 17.6 Å². The predicted octanol–water partition coefficient (Wildman–Crippen LogP) is 2.19. The Morgan fingerprint density at radius 3 is 2.56 bits per heavy atom. The van der Waals surface area contributed by atoms with Crippen LogP contribution in [-0.2, 0) is 13.1 Å². The van der Waals surface area contributed by atoms with Crippen molar-refractivity contribution in [3.05, 3.63) is 45.4 Å². The van der Waals surface area contributed by atoms with Crippen LogP contribution in [0.1, 0.15) is 10.6 Å². The van der Waals surface area contributed by atoms with Crippen LogP contribution >= 0.6 is 22.9 Å². The van der Waals surface area contributed by atoms with Gasteiger partial charge in [-0.2, -0.15) is 0 Å². The molecule has 0 saturated heterocycles. The van der Waals surface area contributed by atoms with Crippen molar-refractivity contribution in [3.63, 3.8) is 0 Å². The molecule has 0 radical (unpaired) electrons. The van der Waals surface area contributed by atoms with Crippen molar-refractivity contribution < 1.29 is 5.11 Å². The fraction of sp³-hybridized carbons (Fsp3) is 0.333. The van der Waals surface area contributed by atoms with Crippen molar-refractivity contribution in [3.8, 4) is 0 Å². The zero-order chi connectivity index (χ0) is 12.8. The summed E-state index contributed by atoms with van der Waals surface area (Å²) >= 11 is 7.13. The second kappa shape index (κ2) is 6.80. The Labute approximate surface area is 115 Å². The topological polar surface area (TPSA) is 49.2 Å². The molecular formula is C12H14ClN3OS. The third-order valence-corrected chi connectivity index (χ3v) is 3.47. The molecule has 0 unspecified atom stereocenters. The quantitative estimate of drug-likeness (QED) is 0.883. The molecule has 1 heterocycles. The van der Waals surface area contributed by atoms with Crippen LogP contribution in [0, 0.1) is 0 Å². The van der Waals surface area contributed by atoms with E-state index < -0.39 is 0 Å². The lowest BCUT2D eigenvalue weighted by Gasteiger charge is -2.19. The number of hydrogen-bond donors (Lipinski definition) is 1. The number of halogens is 1. The Hall–Kier alpha value is -1.01. The highest BCUT2D eigenvalue weighted by Crippen LogP contribution is 2.17. The highest BCUT2D eigenvalue weighted by molar-refractivity contribution is 7.15. The molecule has 0 fully saturated rings. The number of rotatable bonds is 6. The summed E-state index contributed by atoms with van der Waals surface area (Å²) < 4.78 is 0.452. The van der Waals surface area contributed by atoms with Gasteiger partial charge in [-0.05, 0) is 17.2 Å². The minimum absolute atomic E-state index is 0.124. The fourth-order valence-corrected chi connectivity index (χ4v) is 2.60. The summed E-state index contributed by atoms with van der Waals surface area (Å²) in [4.78, 5) is 2.12. The minimum atomic E-state index is 0.124. The standard InChI is InChI=1S/C12H14ClN3OS/c13-12-15-14-11(18-12)9-16(6-7-17)8-10-4-2-1-3-5-10/h1-5,17H,6-9H2. The number of hydrogen-bond acceptors (Lipinski definition) is 5. The van der Waals surface area contributed by atoms with Gasteiger partial charge in [0.05, 0.1) is 13.2 Å². The van der Waals surface area contributed by atoms with Gasteiger partial charge in [0.1, 0.15) is 5.01 Å². The van der Waals surface area contributed by atoms with Gasteiger partial charge < -0.3 is 5.11 Å². The Morgan fingerprint density at radius 1 is 1.17 bits per heavy atom. The van der Waals surface area contributed by atoms with E-state index in [-0.39, 0.29) is 6.61 Å². The molecule has 96 valence electrons. The molecule has 0 aliphatic heterocycles. The zero-order valence-corrected chi connectivity index (χ0v) is 11.4. The molecule has 0 aliphatic carbocycles. The normalized spacial score (nSPS) is 11.1. The lowest BCUT2D eigenvalue weighted by atomic mass is 10.2. The average molecular weight is 284 g/mol. The van der Waals surface area contributed by atoms with Gasteiger partial charge in [-0.1, -0.05) is 41.7 Å². The summed E-state index contributed by atoms with van der Waals surface area (Å²) in [5.74, 6) is 0. The van der Waals surface area contributed by atoms with Crippen LogP contribution in [0.15, 0.2) is 30.3 Å². The van der Waals surface area contributed by atoms with Crippen molar-refractivity contribution in [2.45, 2.75) is 13.1 Å². The van der Waals surface area contributed by atoms with Crippen LogP contribution in [0.25, 0.3) is 0 Å². The smallest absolute Gasteiger partial charge is 0.207 e.